The predicted molar refractivity (Wildman–Crippen MR) is 126 cm³/mol. The van der Waals surface area contributed by atoms with Crippen molar-refractivity contribution in [3.63, 3.8) is 0 Å². The van der Waals surface area contributed by atoms with Crippen LogP contribution >= 0.6 is 22.9 Å². The zero-order valence-corrected chi connectivity index (χ0v) is 18.9. The first-order chi connectivity index (χ1) is 15.7. The lowest BCUT2D eigenvalue weighted by Crippen LogP contribution is -2.49. The summed E-state index contributed by atoms with van der Waals surface area (Å²) in [5.74, 6) is 2.30. The average Bonchev–Trinajstić information content (AvgIpc) is 3.36. The molecule has 0 radical (unpaired) electrons. The Kier molecular flexibility index (Phi) is 4.84. The third kappa shape index (κ3) is 3.43. The van der Waals surface area contributed by atoms with Crippen molar-refractivity contribution < 1.29 is 4.79 Å². The molecule has 1 aromatic carbocycles. The van der Waals surface area contributed by atoms with Crippen LogP contribution in [-0.2, 0) is 0 Å². The largest absolute Gasteiger partial charge is 0.352 e. The average molecular weight is 465 g/mol. The Morgan fingerprint density at radius 3 is 2.56 bits per heavy atom. The van der Waals surface area contributed by atoms with Crippen LogP contribution in [0.15, 0.2) is 48.0 Å². The first-order valence-electron chi connectivity index (χ1n) is 10.8. The van der Waals surface area contributed by atoms with Crippen molar-refractivity contribution in [1.82, 2.24) is 24.6 Å². The topological polar surface area (TPSA) is 67.2 Å². The molecule has 1 saturated carbocycles. The van der Waals surface area contributed by atoms with Gasteiger partial charge in [0.15, 0.2) is 5.65 Å². The molecule has 6 rings (SSSR count). The SMILES string of the molecule is O=C(c1cccs1)N1CCN(c2nc(C3CC3)nc3c2cnn3-c2ccccc2Cl)CC1. The molecule has 2 fully saturated rings. The van der Waals surface area contributed by atoms with Gasteiger partial charge < -0.3 is 9.80 Å². The van der Waals surface area contributed by atoms with Gasteiger partial charge in [-0.05, 0) is 36.4 Å². The van der Waals surface area contributed by atoms with E-state index in [1.54, 1.807) is 0 Å². The number of carbonyl (C=O) groups is 1. The Morgan fingerprint density at radius 1 is 1.03 bits per heavy atom. The van der Waals surface area contributed by atoms with Gasteiger partial charge in [-0.1, -0.05) is 29.8 Å². The monoisotopic (exact) mass is 464 g/mol. The molecule has 3 aromatic heterocycles. The van der Waals surface area contributed by atoms with Gasteiger partial charge in [0.1, 0.15) is 11.6 Å². The molecule has 0 spiro atoms. The highest BCUT2D eigenvalue weighted by Gasteiger charge is 2.31. The Bertz CT molecular complexity index is 1290. The fraction of sp³-hybridized carbons (Fsp3) is 0.304. The summed E-state index contributed by atoms with van der Waals surface area (Å²) in [4.78, 5) is 27.6. The standard InChI is InChI=1S/C23H21ClN6OS/c24-17-4-1-2-5-18(17)30-22-16(14-25-30)21(26-20(27-22)15-7-8-15)28-9-11-29(12-10-28)23(31)19-6-3-13-32-19/h1-6,13-15H,7-12H2. The summed E-state index contributed by atoms with van der Waals surface area (Å²) in [6, 6.07) is 11.5. The highest BCUT2D eigenvalue weighted by molar-refractivity contribution is 7.12. The van der Waals surface area contributed by atoms with E-state index in [1.807, 2.05) is 57.6 Å². The molecule has 1 saturated heterocycles. The molecule has 7 nitrogen and oxygen atoms in total. The molecule has 0 bridgehead atoms. The summed E-state index contributed by atoms with van der Waals surface area (Å²) >= 11 is 7.95. The van der Waals surface area contributed by atoms with Crippen LogP contribution < -0.4 is 4.90 Å². The minimum absolute atomic E-state index is 0.109. The molecule has 0 atom stereocenters. The van der Waals surface area contributed by atoms with E-state index in [1.165, 1.54) is 11.3 Å². The number of hydrogen-bond acceptors (Lipinski definition) is 6. The van der Waals surface area contributed by atoms with Crippen molar-refractivity contribution in [2.24, 2.45) is 0 Å². The van der Waals surface area contributed by atoms with E-state index in [4.69, 9.17) is 21.6 Å². The molecule has 4 heterocycles. The first kappa shape index (κ1) is 19.7. The fourth-order valence-electron chi connectivity index (χ4n) is 4.15. The minimum atomic E-state index is 0.109. The summed E-state index contributed by atoms with van der Waals surface area (Å²) in [5, 5.41) is 8.10. The van der Waals surface area contributed by atoms with Crippen LogP contribution in [-0.4, -0.2) is 56.7 Å². The molecule has 2 aliphatic rings. The summed E-state index contributed by atoms with van der Waals surface area (Å²) in [6.07, 6.45) is 4.07. The number of nitrogens with zero attached hydrogens (tertiary/aromatic N) is 6. The highest BCUT2D eigenvalue weighted by atomic mass is 35.5. The van der Waals surface area contributed by atoms with Crippen LogP contribution in [0.2, 0.25) is 5.02 Å². The molecule has 0 N–H and O–H groups in total. The van der Waals surface area contributed by atoms with Crippen molar-refractivity contribution >= 4 is 45.7 Å². The Labute approximate surface area is 194 Å². The lowest BCUT2D eigenvalue weighted by atomic mass is 10.2. The van der Waals surface area contributed by atoms with Gasteiger partial charge in [-0.2, -0.15) is 5.10 Å². The fourth-order valence-corrected chi connectivity index (χ4v) is 5.06. The van der Waals surface area contributed by atoms with Crippen LogP contribution in [0.5, 0.6) is 0 Å². The number of hydrogen-bond donors (Lipinski definition) is 0. The number of rotatable bonds is 4. The summed E-state index contributed by atoms with van der Waals surface area (Å²) < 4.78 is 1.81. The number of halogens is 1. The molecule has 0 unspecified atom stereocenters. The molecular formula is C23H21ClN6OS. The van der Waals surface area contributed by atoms with Gasteiger partial charge in [0, 0.05) is 32.1 Å². The maximum absolute atomic E-state index is 12.7. The van der Waals surface area contributed by atoms with Crippen molar-refractivity contribution in [3.8, 4) is 5.69 Å². The van der Waals surface area contributed by atoms with Crippen LogP contribution in [0.1, 0.15) is 34.3 Å². The lowest BCUT2D eigenvalue weighted by molar-refractivity contribution is 0.0751. The summed E-state index contributed by atoms with van der Waals surface area (Å²) in [5.41, 5.74) is 1.59. The van der Waals surface area contributed by atoms with E-state index in [2.05, 4.69) is 10.00 Å². The molecule has 32 heavy (non-hydrogen) atoms. The van der Waals surface area contributed by atoms with Gasteiger partial charge in [-0.25, -0.2) is 14.6 Å². The van der Waals surface area contributed by atoms with Gasteiger partial charge in [-0.3, -0.25) is 4.79 Å². The van der Waals surface area contributed by atoms with Gasteiger partial charge in [0.05, 0.1) is 27.2 Å². The number of para-hydroxylation sites is 1. The maximum Gasteiger partial charge on any atom is 0.264 e. The molecule has 1 amide bonds. The predicted octanol–water partition coefficient (Wildman–Crippen LogP) is 4.37. The number of thiophene rings is 1. The van der Waals surface area contributed by atoms with Crippen molar-refractivity contribution in [3.05, 3.63) is 63.7 Å². The van der Waals surface area contributed by atoms with Crippen LogP contribution in [0, 0.1) is 0 Å². The van der Waals surface area contributed by atoms with Crippen LogP contribution in [0.3, 0.4) is 0 Å². The number of fused-ring (bicyclic) bond motifs is 1. The van der Waals surface area contributed by atoms with Crippen molar-refractivity contribution in [2.45, 2.75) is 18.8 Å². The highest BCUT2D eigenvalue weighted by Crippen LogP contribution is 2.40. The Balaban J connectivity index is 1.34. The van der Waals surface area contributed by atoms with E-state index < -0.39 is 0 Å². The molecule has 1 aliphatic heterocycles. The van der Waals surface area contributed by atoms with Gasteiger partial charge in [0.25, 0.3) is 5.91 Å². The summed E-state index contributed by atoms with van der Waals surface area (Å²) in [6.45, 7) is 2.79. The van der Waals surface area contributed by atoms with E-state index >= 15 is 0 Å². The third-order valence-electron chi connectivity index (χ3n) is 6.05. The normalized spacial score (nSPS) is 16.7. The zero-order valence-electron chi connectivity index (χ0n) is 17.3. The Hall–Kier alpha value is -2.97. The van der Waals surface area contributed by atoms with Crippen LogP contribution in [0.4, 0.5) is 5.82 Å². The molecule has 4 aromatic rings. The van der Waals surface area contributed by atoms with Crippen molar-refractivity contribution in [1.29, 1.82) is 0 Å². The van der Waals surface area contributed by atoms with E-state index in [-0.39, 0.29) is 5.91 Å². The third-order valence-corrected chi connectivity index (χ3v) is 7.22. The Morgan fingerprint density at radius 2 is 1.84 bits per heavy atom. The van der Waals surface area contributed by atoms with E-state index in [0.29, 0.717) is 24.0 Å². The number of benzene rings is 1. The second kappa shape index (κ2) is 7.86. The number of carbonyl (C=O) groups excluding carboxylic acids is 1. The number of amides is 1. The van der Waals surface area contributed by atoms with Gasteiger partial charge >= 0.3 is 0 Å². The van der Waals surface area contributed by atoms with Crippen molar-refractivity contribution in [2.75, 3.05) is 31.1 Å². The quantitative estimate of drug-likeness (QED) is 0.448. The number of anilines is 1. The molecule has 1 aliphatic carbocycles. The smallest absolute Gasteiger partial charge is 0.264 e. The van der Waals surface area contributed by atoms with Gasteiger partial charge in [-0.15, -0.1) is 11.3 Å². The maximum atomic E-state index is 12.7. The second-order valence-corrected chi connectivity index (χ2v) is 9.54. The lowest BCUT2D eigenvalue weighted by Gasteiger charge is -2.35. The van der Waals surface area contributed by atoms with Crippen LogP contribution in [0.25, 0.3) is 16.7 Å². The van der Waals surface area contributed by atoms with Gasteiger partial charge in [0.2, 0.25) is 0 Å². The molecular weight excluding hydrogens is 444 g/mol. The molecule has 9 heteroatoms. The first-order valence-corrected chi connectivity index (χ1v) is 12.0. The number of aromatic nitrogens is 4. The summed E-state index contributed by atoms with van der Waals surface area (Å²) in [7, 11) is 0. The molecule has 162 valence electrons. The second-order valence-electron chi connectivity index (χ2n) is 8.18. The minimum Gasteiger partial charge on any atom is -0.352 e. The van der Waals surface area contributed by atoms with E-state index in [0.717, 1.165) is 59.2 Å². The van der Waals surface area contributed by atoms with E-state index in [9.17, 15) is 4.79 Å². The number of piperazine rings is 1. The zero-order chi connectivity index (χ0) is 21.7.